The van der Waals surface area contributed by atoms with Crippen molar-refractivity contribution in [3.63, 3.8) is 0 Å². The molecule has 0 aliphatic carbocycles. The Hall–Kier alpha value is -1.42. The molecule has 0 atom stereocenters. The molecular weight excluding hydrogens is 305 g/mol. The highest BCUT2D eigenvalue weighted by molar-refractivity contribution is 7.19. The molecule has 1 N–H and O–H groups in total. The molecule has 21 heavy (non-hydrogen) atoms. The van der Waals surface area contributed by atoms with Crippen molar-refractivity contribution < 1.29 is 4.39 Å². The molecule has 0 saturated carbocycles. The number of fused-ring (bicyclic) bond motifs is 1. The molecule has 2 aromatic carbocycles. The monoisotopic (exact) mass is 319 g/mol. The van der Waals surface area contributed by atoms with Gasteiger partial charge in [-0.3, -0.25) is 0 Å². The highest BCUT2D eigenvalue weighted by atomic mass is 35.5. The van der Waals surface area contributed by atoms with Crippen LogP contribution in [0.25, 0.3) is 10.1 Å². The van der Waals surface area contributed by atoms with Crippen LogP contribution in [0.4, 0.5) is 4.39 Å². The molecular formula is C17H15ClFNS. The van der Waals surface area contributed by atoms with Crippen LogP contribution in [0.1, 0.15) is 10.4 Å². The number of halogens is 2. The van der Waals surface area contributed by atoms with Crippen LogP contribution in [0, 0.1) is 5.82 Å². The molecule has 0 aliphatic heterocycles. The van der Waals surface area contributed by atoms with E-state index in [1.54, 1.807) is 11.3 Å². The molecule has 0 aliphatic rings. The van der Waals surface area contributed by atoms with E-state index in [4.69, 9.17) is 11.6 Å². The summed E-state index contributed by atoms with van der Waals surface area (Å²) in [5.41, 5.74) is 1.13. The summed E-state index contributed by atoms with van der Waals surface area (Å²) in [7, 11) is 0. The Balaban J connectivity index is 1.57. The second-order valence-corrected chi connectivity index (χ2v) is 6.40. The fourth-order valence-electron chi connectivity index (χ4n) is 2.26. The fourth-order valence-corrected chi connectivity index (χ4v) is 3.73. The van der Waals surface area contributed by atoms with E-state index in [9.17, 15) is 4.39 Å². The van der Waals surface area contributed by atoms with Crippen LogP contribution in [0.2, 0.25) is 5.02 Å². The third-order valence-electron chi connectivity index (χ3n) is 3.39. The average Bonchev–Trinajstić information content (AvgIpc) is 2.82. The average molecular weight is 320 g/mol. The van der Waals surface area contributed by atoms with Gasteiger partial charge in [0, 0.05) is 21.5 Å². The summed E-state index contributed by atoms with van der Waals surface area (Å²) < 4.78 is 14.0. The smallest absolute Gasteiger partial charge is 0.123 e. The van der Waals surface area contributed by atoms with Crippen LogP contribution in [0.3, 0.4) is 0 Å². The van der Waals surface area contributed by atoms with Crippen molar-refractivity contribution in [2.24, 2.45) is 0 Å². The maximum atomic E-state index is 12.8. The zero-order valence-corrected chi connectivity index (χ0v) is 13.0. The number of nitrogens with one attached hydrogen (secondary N) is 1. The van der Waals surface area contributed by atoms with Crippen molar-refractivity contribution in [2.75, 3.05) is 6.54 Å². The first-order valence-corrected chi connectivity index (χ1v) is 8.04. The van der Waals surface area contributed by atoms with E-state index in [0.29, 0.717) is 0 Å². The maximum absolute atomic E-state index is 12.8. The van der Waals surface area contributed by atoms with Crippen LogP contribution in [0.15, 0.2) is 48.5 Å². The van der Waals surface area contributed by atoms with Crippen LogP contribution >= 0.6 is 22.9 Å². The fraction of sp³-hybridized carbons (Fsp3) is 0.176. The van der Waals surface area contributed by atoms with E-state index >= 15 is 0 Å². The van der Waals surface area contributed by atoms with E-state index < -0.39 is 0 Å². The second kappa shape index (κ2) is 6.56. The van der Waals surface area contributed by atoms with Crippen LogP contribution in [-0.2, 0) is 13.0 Å². The highest BCUT2D eigenvalue weighted by Crippen LogP contribution is 2.34. The van der Waals surface area contributed by atoms with E-state index in [1.165, 1.54) is 16.8 Å². The molecule has 4 heteroatoms. The highest BCUT2D eigenvalue weighted by Gasteiger charge is 2.08. The van der Waals surface area contributed by atoms with Gasteiger partial charge in [-0.1, -0.05) is 41.9 Å². The molecule has 1 heterocycles. The predicted octanol–water partition coefficient (Wildman–Crippen LogP) is 5.03. The first-order chi connectivity index (χ1) is 10.2. The van der Waals surface area contributed by atoms with Gasteiger partial charge in [0.05, 0.1) is 5.02 Å². The topological polar surface area (TPSA) is 12.0 Å². The third-order valence-corrected chi connectivity index (χ3v) is 5.11. The maximum Gasteiger partial charge on any atom is 0.123 e. The molecule has 0 spiro atoms. The zero-order chi connectivity index (χ0) is 14.7. The van der Waals surface area contributed by atoms with Gasteiger partial charge < -0.3 is 5.32 Å². The lowest BCUT2D eigenvalue weighted by Gasteiger charge is -2.04. The Kier molecular flexibility index (Phi) is 4.54. The minimum absolute atomic E-state index is 0.191. The molecule has 1 aromatic heterocycles. The first-order valence-electron chi connectivity index (χ1n) is 6.85. The minimum Gasteiger partial charge on any atom is -0.311 e. The summed E-state index contributed by atoms with van der Waals surface area (Å²) in [6.07, 6.45) is 0.878. The minimum atomic E-state index is -0.191. The summed E-state index contributed by atoms with van der Waals surface area (Å²) >= 11 is 8.13. The van der Waals surface area contributed by atoms with Gasteiger partial charge in [0.1, 0.15) is 5.82 Å². The van der Waals surface area contributed by atoms with E-state index in [1.807, 2.05) is 24.3 Å². The zero-order valence-electron chi connectivity index (χ0n) is 11.4. The number of hydrogen-bond donors (Lipinski definition) is 1. The number of rotatable bonds is 5. The molecule has 3 aromatic rings. The molecule has 0 amide bonds. The molecule has 0 fully saturated rings. The van der Waals surface area contributed by atoms with Gasteiger partial charge in [0.2, 0.25) is 0 Å². The first kappa shape index (κ1) is 14.5. The van der Waals surface area contributed by atoms with Crippen molar-refractivity contribution in [1.82, 2.24) is 5.32 Å². The lowest BCUT2D eigenvalue weighted by atomic mass is 10.1. The lowest BCUT2D eigenvalue weighted by molar-refractivity contribution is 0.626. The molecule has 0 saturated heterocycles. The van der Waals surface area contributed by atoms with Crippen molar-refractivity contribution >= 4 is 33.0 Å². The van der Waals surface area contributed by atoms with Crippen molar-refractivity contribution in [2.45, 2.75) is 13.0 Å². The number of thiophene rings is 1. The normalized spacial score (nSPS) is 11.1. The summed E-state index contributed by atoms with van der Waals surface area (Å²) in [6, 6.07) is 14.8. The lowest BCUT2D eigenvalue weighted by Crippen LogP contribution is -2.16. The Morgan fingerprint density at radius 2 is 1.81 bits per heavy atom. The molecule has 0 bridgehead atoms. The van der Waals surface area contributed by atoms with Crippen LogP contribution in [-0.4, -0.2) is 6.54 Å². The van der Waals surface area contributed by atoms with Gasteiger partial charge in [-0.15, -0.1) is 11.3 Å². The van der Waals surface area contributed by atoms with Gasteiger partial charge in [-0.25, -0.2) is 4.39 Å². The number of hydrogen-bond acceptors (Lipinski definition) is 2. The van der Waals surface area contributed by atoms with Crippen molar-refractivity contribution in [1.29, 1.82) is 0 Å². The summed E-state index contributed by atoms with van der Waals surface area (Å²) in [4.78, 5) is 1.16. The molecule has 108 valence electrons. The van der Waals surface area contributed by atoms with E-state index in [-0.39, 0.29) is 5.82 Å². The van der Waals surface area contributed by atoms with Gasteiger partial charge >= 0.3 is 0 Å². The van der Waals surface area contributed by atoms with E-state index in [0.717, 1.165) is 40.4 Å². The summed E-state index contributed by atoms with van der Waals surface area (Å²) in [5, 5.41) is 5.38. The van der Waals surface area contributed by atoms with Crippen molar-refractivity contribution in [3.8, 4) is 0 Å². The summed E-state index contributed by atoms with van der Waals surface area (Å²) in [5.74, 6) is -0.191. The molecule has 3 rings (SSSR count). The standard InChI is InChI=1S/C17H15ClFNS/c18-17-14-3-1-2-4-15(14)21-16(17)11-20-10-9-12-5-7-13(19)8-6-12/h1-8,20H,9-11H2. The summed E-state index contributed by atoms with van der Waals surface area (Å²) in [6.45, 7) is 1.61. The molecule has 0 unspecified atom stereocenters. The van der Waals surface area contributed by atoms with Gasteiger partial charge in [0.25, 0.3) is 0 Å². The third kappa shape index (κ3) is 3.43. The van der Waals surface area contributed by atoms with Gasteiger partial charge in [-0.2, -0.15) is 0 Å². The second-order valence-electron chi connectivity index (χ2n) is 4.89. The Bertz CT molecular complexity index is 736. The molecule has 0 radical (unpaired) electrons. The number of benzene rings is 2. The Labute approximate surface area is 132 Å². The molecule has 1 nitrogen and oxygen atoms in total. The van der Waals surface area contributed by atoms with Crippen LogP contribution in [0.5, 0.6) is 0 Å². The van der Waals surface area contributed by atoms with Gasteiger partial charge in [0.15, 0.2) is 0 Å². The quantitative estimate of drug-likeness (QED) is 0.651. The van der Waals surface area contributed by atoms with Crippen LogP contribution < -0.4 is 5.32 Å². The SMILES string of the molecule is Fc1ccc(CCNCc2sc3ccccc3c2Cl)cc1. The largest absolute Gasteiger partial charge is 0.311 e. The Morgan fingerprint density at radius 1 is 1.05 bits per heavy atom. The Morgan fingerprint density at radius 3 is 2.57 bits per heavy atom. The predicted molar refractivity (Wildman–Crippen MR) is 88.6 cm³/mol. The van der Waals surface area contributed by atoms with Gasteiger partial charge in [-0.05, 0) is 36.7 Å². The van der Waals surface area contributed by atoms with E-state index in [2.05, 4.69) is 17.4 Å². The van der Waals surface area contributed by atoms with Crippen molar-refractivity contribution in [3.05, 3.63) is 69.8 Å².